The van der Waals surface area contributed by atoms with Crippen LogP contribution in [0.4, 0.5) is 5.69 Å². The molecule has 1 fully saturated rings. The number of aromatic nitrogens is 3. The van der Waals surface area contributed by atoms with Crippen LogP contribution < -0.4 is 5.32 Å². The summed E-state index contributed by atoms with van der Waals surface area (Å²) in [6.07, 6.45) is 4.47. The van der Waals surface area contributed by atoms with Gasteiger partial charge in [-0.1, -0.05) is 19.1 Å². The van der Waals surface area contributed by atoms with Crippen LogP contribution in [-0.2, 0) is 12.8 Å². The zero-order valence-corrected chi connectivity index (χ0v) is 11.3. The van der Waals surface area contributed by atoms with Crippen LogP contribution in [-0.4, -0.2) is 21.7 Å². The molecule has 1 aromatic heterocycles. The Morgan fingerprint density at radius 1 is 1.26 bits per heavy atom. The van der Waals surface area contributed by atoms with Crippen LogP contribution in [0, 0.1) is 0 Å². The van der Waals surface area contributed by atoms with Crippen molar-refractivity contribution < 1.29 is 0 Å². The van der Waals surface area contributed by atoms with Crippen molar-refractivity contribution in [2.75, 3.05) is 11.9 Å². The number of aromatic amines is 1. The van der Waals surface area contributed by atoms with Gasteiger partial charge in [0.15, 0.2) is 5.82 Å². The fourth-order valence-corrected chi connectivity index (χ4v) is 2.13. The highest BCUT2D eigenvalue weighted by molar-refractivity contribution is 5.44. The first kappa shape index (κ1) is 12.2. The van der Waals surface area contributed by atoms with Crippen molar-refractivity contribution in [2.24, 2.45) is 0 Å². The average Bonchev–Trinajstić information content (AvgIpc) is 3.20. The Balaban J connectivity index is 1.48. The fraction of sp³-hybridized carbons (Fsp3) is 0.467. The van der Waals surface area contributed by atoms with Gasteiger partial charge in [0.25, 0.3) is 0 Å². The maximum Gasteiger partial charge on any atom is 0.153 e. The minimum atomic E-state index is 0.625. The van der Waals surface area contributed by atoms with Gasteiger partial charge in [0.2, 0.25) is 0 Å². The molecule has 1 aromatic carbocycles. The van der Waals surface area contributed by atoms with Crippen LogP contribution in [0.2, 0.25) is 0 Å². The summed E-state index contributed by atoms with van der Waals surface area (Å²) in [7, 11) is 0. The lowest BCUT2D eigenvalue weighted by Crippen LogP contribution is -2.06. The summed E-state index contributed by atoms with van der Waals surface area (Å²) in [5.74, 6) is 2.61. The predicted octanol–water partition coefficient (Wildman–Crippen LogP) is 2.90. The molecule has 0 atom stereocenters. The van der Waals surface area contributed by atoms with Gasteiger partial charge in [-0.25, -0.2) is 4.98 Å². The maximum absolute atomic E-state index is 4.52. The summed E-state index contributed by atoms with van der Waals surface area (Å²) >= 11 is 0. The molecule has 1 heterocycles. The molecule has 3 rings (SSSR count). The van der Waals surface area contributed by atoms with Gasteiger partial charge in [0.1, 0.15) is 5.82 Å². The Morgan fingerprint density at radius 2 is 2.05 bits per heavy atom. The Hall–Kier alpha value is -1.84. The number of nitrogens with zero attached hydrogens (tertiary/aromatic N) is 2. The monoisotopic (exact) mass is 256 g/mol. The molecule has 4 nitrogen and oxygen atoms in total. The largest absolute Gasteiger partial charge is 0.385 e. The minimum absolute atomic E-state index is 0.625. The van der Waals surface area contributed by atoms with Gasteiger partial charge >= 0.3 is 0 Å². The fourth-order valence-electron chi connectivity index (χ4n) is 2.13. The second-order valence-electron chi connectivity index (χ2n) is 5.14. The molecule has 0 radical (unpaired) electrons. The van der Waals surface area contributed by atoms with E-state index >= 15 is 0 Å². The third-order valence-corrected chi connectivity index (χ3v) is 3.54. The van der Waals surface area contributed by atoms with Gasteiger partial charge in [-0.05, 0) is 37.0 Å². The van der Waals surface area contributed by atoms with E-state index in [9.17, 15) is 0 Å². The molecule has 0 saturated heterocycles. The number of hydrogen-bond donors (Lipinski definition) is 2. The molecule has 2 N–H and O–H groups in total. The molecular formula is C15H20N4. The van der Waals surface area contributed by atoms with Crippen molar-refractivity contribution in [3.8, 4) is 0 Å². The van der Waals surface area contributed by atoms with Gasteiger partial charge in [0, 0.05) is 24.6 Å². The van der Waals surface area contributed by atoms with E-state index in [-0.39, 0.29) is 0 Å². The third kappa shape index (κ3) is 3.13. The smallest absolute Gasteiger partial charge is 0.153 e. The summed E-state index contributed by atoms with van der Waals surface area (Å²) in [6.45, 7) is 3.05. The van der Waals surface area contributed by atoms with Crippen LogP contribution in [0.3, 0.4) is 0 Å². The highest BCUT2D eigenvalue weighted by atomic mass is 15.2. The van der Waals surface area contributed by atoms with E-state index in [0.717, 1.165) is 31.0 Å². The Labute approximate surface area is 113 Å². The lowest BCUT2D eigenvalue weighted by atomic mass is 10.1. The van der Waals surface area contributed by atoms with Crippen molar-refractivity contribution in [2.45, 2.75) is 38.5 Å². The number of H-pyrrole nitrogens is 1. The number of anilines is 1. The number of rotatable bonds is 6. The zero-order valence-electron chi connectivity index (χ0n) is 11.3. The Kier molecular flexibility index (Phi) is 3.49. The van der Waals surface area contributed by atoms with Crippen LogP contribution in [0.25, 0.3) is 0 Å². The molecule has 1 saturated carbocycles. The van der Waals surface area contributed by atoms with Crippen molar-refractivity contribution in [1.29, 1.82) is 0 Å². The molecule has 100 valence electrons. The third-order valence-electron chi connectivity index (χ3n) is 3.54. The van der Waals surface area contributed by atoms with E-state index in [1.54, 1.807) is 0 Å². The van der Waals surface area contributed by atoms with E-state index in [2.05, 4.69) is 51.7 Å². The summed E-state index contributed by atoms with van der Waals surface area (Å²) in [4.78, 5) is 4.52. The van der Waals surface area contributed by atoms with Crippen molar-refractivity contribution >= 4 is 5.69 Å². The lowest BCUT2D eigenvalue weighted by molar-refractivity contribution is 0.901. The summed E-state index contributed by atoms with van der Waals surface area (Å²) in [5.41, 5.74) is 2.54. The quantitative estimate of drug-likeness (QED) is 0.835. The van der Waals surface area contributed by atoms with Crippen LogP contribution in [0.5, 0.6) is 0 Å². The first-order chi connectivity index (χ1) is 9.35. The van der Waals surface area contributed by atoms with Gasteiger partial charge in [-0.2, -0.15) is 5.10 Å². The highest BCUT2D eigenvalue weighted by Gasteiger charge is 2.27. The first-order valence-corrected chi connectivity index (χ1v) is 7.09. The maximum atomic E-state index is 4.52. The minimum Gasteiger partial charge on any atom is -0.385 e. The number of hydrogen-bond acceptors (Lipinski definition) is 3. The van der Waals surface area contributed by atoms with Crippen molar-refractivity contribution in [3.63, 3.8) is 0 Å². The molecule has 0 bridgehead atoms. The number of benzene rings is 1. The highest BCUT2D eigenvalue weighted by Crippen LogP contribution is 2.37. The van der Waals surface area contributed by atoms with E-state index in [0.29, 0.717) is 5.92 Å². The molecular weight excluding hydrogens is 236 g/mol. The summed E-state index contributed by atoms with van der Waals surface area (Å²) in [5, 5.41) is 10.7. The summed E-state index contributed by atoms with van der Waals surface area (Å²) in [6, 6.07) is 8.60. The van der Waals surface area contributed by atoms with E-state index in [4.69, 9.17) is 0 Å². The molecule has 0 amide bonds. The van der Waals surface area contributed by atoms with E-state index in [1.807, 2.05) is 0 Å². The van der Waals surface area contributed by atoms with Gasteiger partial charge < -0.3 is 5.32 Å². The van der Waals surface area contributed by atoms with Gasteiger partial charge in [-0.3, -0.25) is 5.10 Å². The molecule has 1 aliphatic carbocycles. The second-order valence-corrected chi connectivity index (χ2v) is 5.14. The SMILES string of the molecule is CCc1ccc(NCCc2nc(C3CC3)n[nH]2)cc1. The second kappa shape index (κ2) is 5.43. The van der Waals surface area contributed by atoms with Gasteiger partial charge in [0.05, 0.1) is 0 Å². The first-order valence-electron chi connectivity index (χ1n) is 7.09. The van der Waals surface area contributed by atoms with E-state index < -0.39 is 0 Å². The van der Waals surface area contributed by atoms with Crippen molar-refractivity contribution in [3.05, 3.63) is 41.5 Å². The number of nitrogens with one attached hydrogen (secondary N) is 2. The average molecular weight is 256 g/mol. The molecule has 2 aromatic rings. The van der Waals surface area contributed by atoms with Crippen LogP contribution in [0.15, 0.2) is 24.3 Å². The van der Waals surface area contributed by atoms with Crippen molar-refractivity contribution in [1.82, 2.24) is 15.2 Å². The normalized spacial score (nSPS) is 14.6. The molecule has 19 heavy (non-hydrogen) atoms. The standard InChI is InChI=1S/C15H20N4/c1-2-11-3-7-13(8-4-11)16-10-9-14-17-15(19-18-14)12-5-6-12/h3-4,7-8,12,16H,2,5-6,9-10H2,1H3,(H,17,18,19). The lowest BCUT2D eigenvalue weighted by Gasteiger charge is -2.05. The molecule has 0 aliphatic heterocycles. The summed E-state index contributed by atoms with van der Waals surface area (Å²) < 4.78 is 0. The molecule has 1 aliphatic rings. The van der Waals surface area contributed by atoms with Crippen LogP contribution in [0.1, 0.15) is 42.9 Å². The van der Waals surface area contributed by atoms with Crippen LogP contribution >= 0.6 is 0 Å². The van der Waals surface area contributed by atoms with E-state index in [1.165, 1.54) is 24.1 Å². The molecule has 0 spiro atoms. The molecule has 4 heteroatoms. The predicted molar refractivity (Wildman–Crippen MR) is 76.4 cm³/mol. The zero-order chi connectivity index (χ0) is 13.1. The van der Waals surface area contributed by atoms with Gasteiger partial charge in [-0.15, -0.1) is 0 Å². The topological polar surface area (TPSA) is 53.6 Å². The Bertz CT molecular complexity index is 525. The Morgan fingerprint density at radius 3 is 2.74 bits per heavy atom. The number of aryl methyl sites for hydroxylation is 1. The molecule has 0 unspecified atom stereocenters.